The molecule has 0 N–H and O–H groups in total. The van der Waals surface area contributed by atoms with Gasteiger partial charge in [-0.05, 0) is 24.8 Å². The molecule has 0 aliphatic heterocycles. The Labute approximate surface area is 104 Å². The molecular weight excluding hydrogens is 236 g/mol. The maximum absolute atomic E-state index is 11.5. The van der Waals surface area contributed by atoms with Gasteiger partial charge in [-0.15, -0.1) is 11.3 Å². The van der Waals surface area contributed by atoms with Crippen LogP contribution in [0, 0.1) is 6.92 Å². The van der Waals surface area contributed by atoms with Crippen molar-refractivity contribution >= 4 is 17.3 Å². The number of hydrogen-bond acceptors (Lipinski definition) is 4. The average molecular weight is 250 g/mol. The summed E-state index contributed by atoms with van der Waals surface area (Å²) in [4.78, 5) is 17.0. The van der Waals surface area contributed by atoms with Crippen LogP contribution < -0.4 is 0 Å². The molecule has 2 aromatic rings. The first kappa shape index (κ1) is 11.9. The van der Waals surface area contributed by atoms with E-state index in [1.54, 1.807) is 17.5 Å². The van der Waals surface area contributed by atoms with Gasteiger partial charge in [-0.1, -0.05) is 6.07 Å². The highest BCUT2D eigenvalue weighted by molar-refractivity contribution is 7.09. The predicted octanol–water partition coefficient (Wildman–Crippen LogP) is 2.28. The molecule has 2 heterocycles. The lowest BCUT2D eigenvalue weighted by molar-refractivity contribution is 0.0588. The van der Waals surface area contributed by atoms with Crippen LogP contribution in [0.1, 0.15) is 21.2 Å². The van der Waals surface area contributed by atoms with Gasteiger partial charge in [0.2, 0.25) is 0 Å². The second kappa shape index (κ2) is 5.14. The molecule has 0 atom stereocenters. The highest BCUT2D eigenvalue weighted by Crippen LogP contribution is 2.13. The fraction of sp³-hybridized carbons (Fsp3) is 0.333. The molecule has 17 heavy (non-hydrogen) atoms. The second-order valence-corrected chi connectivity index (χ2v) is 4.70. The zero-order valence-electron chi connectivity index (χ0n) is 9.84. The van der Waals surface area contributed by atoms with E-state index >= 15 is 0 Å². The van der Waals surface area contributed by atoms with Crippen LogP contribution in [-0.2, 0) is 17.7 Å². The van der Waals surface area contributed by atoms with Crippen LogP contribution in [-0.4, -0.2) is 22.6 Å². The molecule has 0 saturated carbocycles. The van der Waals surface area contributed by atoms with Gasteiger partial charge in [-0.25, -0.2) is 9.78 Å². The van der Waals surface area contributed by atoms with Gasteiger partial charge in [0, 0.05) is 11.4 Å². The molecule has 0 bridgehead atoms. The summed E-state index contributed by atoms with van der Waals surface area (Å²) in [6.07, 6.45) is 2.47. The number of thiophene rings is 1. The van der Waals surface area contributed by atoms with Crippen molar-refractivity contribution in [3.8, 4) is 0 Å². The summed E-state index contributed by atoms with van der Waals surface area (Å²) in [5, 5.41) is 2.05. The molecule has 0 spiro atoms. The van der Waals surface area contributed by atoms with Crippen LogP contribution in [0.25, 0.3) is 0 Å². The number of aryl methyl sites for hydroxylation is 2. The van der Waals surface area contributed by atoms with Crippen molar-refractivity contribution in [2.75, 3.05) is 7.11 Å². The summed E-state index contributed by atoms with van der Waals surface area (Å²) in [5.74, 6) is 0.499. The topological polar surface area (TPSA) is 44.1 Å². The van der Waals surface area contributed by atoms with Crippen LogP contribution in [0.15, 0.2) is 23.7 Å². The molecule has 0 saturated heterocycles. The Kier molecular flexibility index (Phi) is 3.58. The number of imidazole rings is 1. The van der Waals surface area contributed by atoms with Gasteiger partial charge in [-0.3, -0.25) is 0 Å². The van der Waals surface area contributed by atoms with Crippen LogP contribution in [0.4, 0.5) is 0 Å². The molecule has 90 valence electrons. The third-order valence-electron chi connectivity index (χ3n) is 2.61. The number of carbonyl (C=O) groups is 1. The third-order valence-corrected chi connectivity index (χ3v) is 3.55. The molecule has 4 nitrogen and oxygen atoms in total. The van der Waals surface area contributed by atoms with Crippen molar-refractivity contribution in [1.82, 2.24) is 9.55 Å². The van der Waals surface area contributed by atoms with Crippen molar-refractivity contribution in [1.29, 1.82) is 0 Å². The van der Waals surface area contributed by atoms with E-state index in [0.29, 0.717) is 5.69 Å². The van der Waals surface area contributed by atoms with Gasteiger partial charge >= 0.3 is 5.97 Å². The van der Waals surface area contributed by atoms with E-state index in [2.05, 4.69) is 16.4 Å². The summed E-state index contributed by atoms with van der Waals surface area (Å²) in [6.45, 7) is 2.64. The minimum absolute atomic E-state index is 0.336. The normalized spacial score (nSPS) is 10.5. The Hall–Kier alpha value is -1.62. The first-order valence-electron chi connectivity index (χ1n) is 5.35. The Morgan fingerprint density at radius 1 is 1.59 bits per heavy atom. The van der Waals surface area contributed by atoms with Gasteiger partial charge in [0.25, 0.3) is 0 Å². The quantitative estimate of drug-likeness (QED) is 0.782. The van der Waals surface area contributed by atoms with Crippen molar-refractivity contribution in [3.63, 3.8) is 0 Å². The minimum atomic E-state index is -0.336. The average Bonchev–Trinajstić information content (AvgIpc) is 2.95. The Morgan fingerprint density at radius 2 is 2.41 bits per heavy atom. The monoisotopic (exact) mass is 250 g/mol. The highest BCUT2D eigenvalue weighted by Gasteiger charge is 2.14. The summed E-state index contributed by atoms with van der Waals surface area (Å²) < 4.78 is 6.62. The zero-order valence-corrected chi connectivity index (χ0v) is 10.7. The van der Waals surface area contributed by atoms with Crippen molar-refractivity contribution in [2.24, 2.45) is 0 Å². The Morgan fingerprint density at radius 3 is 3.06 bits per heavy atom. The molecule has 0 fully saturated rings. The van der Waals surface area contributed by atoms with Crippen LogP contribution in [0.3, 0.4) is 0 Å². The molecule has 0 radical (unpaired) electrons. The number of aromatic nitrogens is 2. The number of ether oxygens (including phenoxy) is 1. The number of esters is 1. The summed E-state index contributed by atoms with van der Waals surface area (Å²) in [7, 11) is 1.38. The van der Waals surface area contributed by atoms with E-state index in [9.17, 15) is 4.79 Å². The van der Waals surface area contributed by atoms with Gasteiger partial charge < -0.3 is 9.30 Å². The molecule has 0 amide bonds. The number of carbonyl (C=O) groups excluding carboxylic acids is 1. The zero-order chi connectivity index (χ0) is 12.3. The first-order chi connectivity index (χ1) is 8.22. The molecule has 2 aromatic heterocycles. The van der Waals surface area contributed by atoms with E-state index in [1.165, 1.54) is 12.0 Å². The smallest absolute Gasteiger partial charge is 0.356 e. The molecule has 0 aliphatic carbocycles. The second-order valence-electron chi connectivity index (χ2n) is 3.66. The molecule has 0 aliphatic rings. The van der Waals surface area contributed by atoms with Crippen molar-refractivity contribution in [2.45, 2.75) is 19.9 Å². The van der Waals surface area contributed by atoms with E-state index < -0.39 is 0 Å². The SMILES string of the molecule is COC(=O)c1cnc(C)n1CCc1cccs1. The van der Waals surface area contributed by atoms with Crippen LogP contribution in [0.5, 0.6) is 0 Å². The van der Waals surface area contributed by atoms with Crippen LogP contribution in [0.2, 0.25) is 0 Å². The number of rotatable bonds is 4. The molecule has 0 aromatic carbocycles. The highest BCUT2D eigenvalue weighted by atomic mass is 32.1. The number of hydrogen-bond donors (Lipinski definition) is 0. The Bertz CT molecular complexity index is 503. The maximum Gasteiger partial charge on any atom is 0.356 e. The van der Waals surface area contributed by atoms with E-state index in [4.69, 9.17) is 4.74 Å². The molecule has 5 heteroatoms. The standard InChI is InChI=1S/C12H14N2O2S/c1-9-13-8-11(12(15)16-2)14(9)6-5-10-4-3-7-17-10/h3-4,7-8H,5-6H2,1-2H3. The molecule has 0 unspecified atom stereocenters. The largest absolute Gasteiger partial charge is 0.464 e. The van der Waals surface area contributed by atoms with Gasteiger partial charge in [-0.2, -0.15) is 0 Å². The van der Waals surface area contributed by atoms with Crippen LogP contribution >= 0.6 is 11.3 Å². The van der Waals surface area contributed by atoms with E-state index in [-0.39, 0.29) is 5.97 Å². The third kappa shape index (κ3) is 2.55. The molecular formula is C12H14N2O2S. The lowest BCUT2D eigenvalue weighted by Gasteiger charge is -2.07. The number of methoxy groups -OCH3 is 1. The van der Waals surface area contributed by atoms with Gasteiger partial charge in [0.05, 0.1) is 13.3 Å². The summed E-state index contributed by atoms with van der Waals surface area (Å²) >= 11 is 1.72. The predicted molar refractivity (Wildman–Crippen MR) is 66.3 cm³/mol. The number of nitrogens with zero attached hydrogens (tertiary/aromatic N) is 2. The fourth-order valence-corrected chi connectivity index (χ4v) is 2.39. The fourth-order valence-electron chi connectivity index (χ4n) is 1.69. The minimum Gasteiger partial charge on any atom is -0.464 e. The maximum atomic E-state index is 11.5. The van der Waals surface area contributed by atoms with Gasteiger partial charge in [0.15, 0.2) is 0 Å². The van der Waals surface area contributed by atoms with E-state index in [0.717, 1.165) is 18.8 Å². The molecule has 2 rings (SSSR count). The van der Waals surface area contributed by atoms with E-state index in [1.807, 2.05) is 17.6 Å². The lowest BCUT2D eigenvalue weighted by atomic mass is 10.3. The lowest BCUT2D eigenvalue weighted by Crippen LogP contribution is -2.13. The summed E-state index contributed by atoms with van der Waals surface area (Å²) in [5.41, 5.74) is 0.515. The van der Waals surface area contributed by atoms with Crippen molar-refractivity contribution < 1.29 is 9.53 Å². The van der Waals surface area contributed by atoms with Gasteiger partial charge in [0.1, 0.15) is 11.5 Å². The van der Waals surface area contributed by atoms with Crippen molar-refractivity contribution in [3.05, 3.63) is 40.1 Å². The Balaban J connectivity index is 2.14. The first-order valence-corrected chi connectivity index (χ1v) is 6.23. The summed E-state index contributed by atoms with van der Waals surface area (Å²) in [6, 6.07) is 4.12.